The number of carboxylic acids is 1. The fourth-order valence-corrected chi connectivity index (χ4v) is 2.08. The monoisotopic (exact) mass is 336 g/mol. The number of aliphatic hydroxyl groups is 1. The predicted molar refractivity (Wildman–Crippen MR) is 97.9 cm³/mol. The van der Waals surface area contributed by atoms with E-state index >= 15 is 0 Å². The SMILES string of the molecule is CCCCC/C=C\C/C=C\CC(=O)[C@H](O)C/C=C\CCCC(=O)O. The Morgan fingerprint density at radius 3 is 2.29 bits per heavy atom. The number of aliphatic carboxylic acids is 1. The van der Waals surface area contributed by atoms with Crippen LogP contribution in [0.25, 0.3) is 0 Å². The number of carbonyl (C=O) groups excluding carboxylic acids is 1. The van der Waals surface area contributed by atoms with E-state index in [9.17, 15) is 14.7 Å². The summed E-state index contributed by atoms with van der Waals surface area (Å²) in [6.45, 7) is 2.19. The molecule has 0 bridgehead atoms. The van der Waals surface area contributed by atoms with Gasteiger partial charge in [0.25, 0.3) is 0 Å². The quantitative estimate of drug-likeness (QED) is 0.339. The zero-order valence-corrected chi connectivity index (χ0v) is 14.8. The number of aliphatic hydroxyl groups excluding tert-OH is 1. The average Bonchev–Trinajstić information content (AvgIpc) is 2.55. The van der Waals surface area contributed by atoms with E-state index in [0.717, 1.165) is 12.8 Å². The highest BCUT2D eigenvalue weighted by molar-refractivity contribution is 5.84. The highest BCUT2D eigenvalue weighted by atomic mass is 16.4. The van der Waals surface area contributed by atoms with Crippen LogP contribution in [0.15, 0.2) is 36.5 Å². The van der Waals surface area contributed by atoms with E-state index in [0.29, 0.717) is 12.8 Å². The van der Waals surface area contributed by atoms with Crippen molar-refractivity contribution in [1.82, 2.24) is 0 Å². The summed E-state index contributed by atoms with van der Waals surface area (Å²) in [5, 5.41) is 18.2. The van der Waals surface area contributed by atoms with Gasteiger partial charge < -0.3 is 10.2 Å². The molecular formula is C20H32O4. The van der Waals surface area contributed by atoms with E-state index in [1.807, 2.05) is 12.2 Å². The molecule has 0 aliphatic rings. The molecule has 0 aliphatic carbocycles. The fourth-order valence-electron chi connectivity index (χ4n) is 2.08. The second-order valence-electron chi connectivity index (χ2n) is 5.85. The summed E-state index contributed by atoms with van der Waals surface area (Å²) in [6.07, 6.45) is 18.2. The largest absolute Gasteiger partial charge is 0.481 e. The van der Waals surface area contributed by atoms with Gasteiger partial charge in [-0.3, -0.25) is 9.59 Å². The number of hydrogen-bond donors (Lipinski definition) is 2. The minimum Gasteiger partial charge on any atom is -0.481 e. The number of ketones is 1. The highest BCUT2D eigenvalue weighted by Gasteiger charge is 2.10. The minimum atomic E-state index is -0.977. The van der Waals surface area contributed by atoms with Crippen LogP contribution in [-0.4, -0.2) is 28.1 Å². The van der Waals surface area contributed by atoms with E-state index in [2.05, 4.69) is 19.1 Å². The molecular weight excluding hydrogens is 304 g/mol. The Morgan fingerprint density at radius 2 is 1.58 bits per heavy atom. The first-order chi connectivity index (χ1) is 11.6. The van der Waals surface area contributed by atoms with Crippen LogP contribution < -0.4 is 0 Å². The standard InChI is InChI=1S/C20H32O4/c1-2-3-4-5-6-7-8-9-12-15-18(21)19(22)16-13-10-11-14-17-20(23)24/h6-7,9-10,12-13,19,22H,2-5,8,11,14-17H2,1H3,(H,23,24)/b7-6-,12-9-,13-10-/t19-/m1/s1. The maximum absolute atomic E-state index is 11.7. The third-order valence-corrected chi connectivity index (χ3v) is 3.56. The molecule has 0 aromatic heterocycles. The molecule has 0 saturated heterocycles. The van der Waals surface area contributed by atoms with Crippen molar-refractivity contribution in [2.75, 3.05) is 0 Å². The number of allylic oxidation sites excluding steroid dienone is 5. The fraction of sp³-hybridized carbons (Fsp3) is 0.600. The van der Waals surface area contributed by atoms with Crippen LogP contribution in [0.3, 0.4) is 0 Å². The van der Waals surface area contributed by atoms with E-state index in [1.165, 1.54) is 19.3 Å². The van der Waals surface area contributed by atoms with Crippen molar-refractivity contribution in [3.05, 3.63) is 36.5 Å². The lowest BCUT2D eigenvalue weighted by Crippen LogP contribution is -2.18. The van der Waals surface area contributed by atoms with Gasteiger partial charge in [0, 0.05) is 12.8 Å². The Balaban J connectivity index is 3.72. The molecule has 1 atom stereocenters. The highest BCUT2D eigenvalue weighted by Crippen LogP contribution is 2.04. The Labute approximate surface area is 146 Å². The molecule has 4 nitrogen and oxygen atoms in total. The Hall–Kier alpha value is -1.68. The summed E-state index contributed by atoms with van der Waals surface area (Å²) in [5.41, 5.74) is 0. The van der Waals surface area contributed by atoms with Crippen LogP contribution >= 0.6 is 0 Å². The smallest absolute Gasteiger partial charge is 0.303 e. The summed E-state index contributed by atoms with van der Waals surface area (Å²) < 4.78 is 0. The summed E-state index contributed by atoms with van der Waals surface area (Å²) >= 11 is 0. The van der Waals surface area contributed by atoms with Gasteiger partial charge in [-0.2, -0.15) is 0 Å². The molecule has 0 amide bonds. The maximum Gasteiger partial charge on any atom is 0.303 e. The number of unbranched alkanes of at least 4 members (excludes halogenated alkanes) is 4. The summed E-state index contributed by atoms with van der Waals surface area (Å²) in [7, 11) is 0. The molecule has 0 unspecified atom stereocenters. The van der Waals surface area contributed by atoms with Gasteiger partial charge in [0.1, 0.15) is 6.10 Å². The molecule has 0 spiro atoms. The Kier molecular flexibility index (Phi) is 15.1. The maximum atomic E-state index is 11.7. The lowest BCUT2D eigenvalue weighted by molar-refractivity contribution is -0.137. The van der Waals surface area contributed by atoms with Crippen molar-refractivity contribution in [3.8, 4) is 0 Å². The van der Waals surface area contributed by atoms with Crippen LogP contribution in [0.1, 0.15) is 71.1 Å². The lowest BCUT2D eigenvalue weighted by Gasteiger charge is -2.04. The third kappa shape index (κ3) is 15.2. The minimum absolute atomic E-state index is 0.143. The predicted octanol–water partition coefficient (Wildman–Crippen LogP) is 4.59. The van der Waals surface area contributed by atoms with Crippen LogP contribution in [-0.2, 0) is 9.59 Å². The molecule has 0 saturated carbocycles. The summed E-state index contributed by atoms with van der Waals surface area (Å²) in [4.78, 5) is 22.1. The third-order valence-electron chi connectivity index (χ3n) is 3.56. The van der Waals surface area contributed by atoms with Gasteiger partial charge in [-0.1, -0.05) is 56.2 Å². The first kappa shape index (κ1) is 22.3. The van der Waals surface area contributed by atoms with E-state index in [1.54, 1.807) is 12.2 Å². The molecule has 0 rings (SSSR count). The molecule has 0 aromatic carbocycles. The van der Waals surface area contributed by atoms with Gasteiger partial charge in [0.15, 0.2) is 5.78 Å². The molecule has 4 heteroatoms. The van der Waals surface area contributed by atoms with Crippen molar-refractivity contribution in [2.45, 2.75) is 77.2 Å². The van der Waals surface area contributed by atoms with Gasteiger partial charge in [-0.15, -0.1) is 0 Å². The van der Waals surface area contributed by atoms with Gasteiger partial charge in [0.05, 0.1) is 0 Å². The van der Waals surface area contributed by atoms with Crippen molar-refractivity contribution in [2.24, 2.45) is 0 Å². The number of rotatable bonds is 15. The molecule has 0 fully saturated rings. The van der Waals surface area contributed by atoms with Gasteiger partial charge in [-0.25, -0.2) is 0 Å². The van der Waals surface area contributed by atoms with Crippen LogP contribution in [0.4, 0.5) is 0 Å². The Morgan fingerprint density at radius 1 is 0.917 bits per heavy atom. The summed E-state index contributed by atoms with van der Waals surface area (Å²) in [6, 6.07) is 0. The van der Waals surface area contributed by atoms with Crippen LogP contribution in [0, 0.1) is 0 Å². The zero-order chi connectivity index (χ0) is 18.0. The number of carbonyl (C=O) groups is 2. The number of Topliss-reactive ketones (excluding diaryl/α,β-unsaturated/α-hetero) is 1. The second-order valence-corrected chi connectivity index (χ2v) is 5.85. The van der Waals surface area contributed by atoms with Crippen molar-refractivity contribution < 1.29 is 19.8 Å². The van der Waals surface area contributed by atoms with Gasteiger partial charge in [0.2, 0.25) is 0 Å². The van der Waals surface area contributed by atoms with Gasteiger partial charge >= 0.3 is 5.97 Å². The normalized spacial score (nSPS) is 13.2. The van der Waals surface area contributed by atoms with Gasteiger partial charge in [-0.05, 0) is 38.5 Å². The summed E-state index contributed by atoms with van der Waals surface area (Å²) in [5.74, 6) is -0.991. The topological polar surface area (TPSA) is 74.6 Å². The van der Waals surface area contributed by atoms with Crippen LogP contribution in [0.2, 0.25) is 0 Å². The van der Waals surface area contributed by atoms with Crippen molar-refractivity contribution in [3.63, 3.8) is 0 Å². The van der Waals surface area contributed by atoms with E-state index in [-0.39, 0.29) is 25.0 Å². The molecule has 0 radical (unpaired) electrons. The first-order valence-corrected chi connectivity index (χ1v) is 8.95. The molecule has 0 aliphatic heterocycles. The average molecular weight is 336 g/mol. The van der Waals surface area contributed by atoms with E-state index in [4.69, 9.17) is 5.11 Å². The van der Waals surface area contributed by atoms with Crippen molar-refractivity contribution in [1.29, 1.82) is 0 Å². The zero-order valence-electron chi connectivity index (χ0n) is 14.8. The molecule has 24 heavy (non-hydrogen) atoms. The second kappa shape index (κ2) is 16.2. The number of hydrogen-bond acceptors (Lipinski definition) is 3. The molecule has 2 N–H and O–H groups in total. The van der Waals surface area contributed by atoms with Crippen molar-refractivity contribution >= 4 is 11.8 Å². The number of carboxylic acid groups (broad SMARTS) is 1. The molecule has 0 heterocycles. The van der Waals surface area contributed by atoms with Crippen LogP contribution in [0.5, 0.6) is 0 Å². The molecule has 0 aromatic rings. The Bertz CT molecular complexity index is 421. The van der Waals surface area contributed by atoms with E-state index < -0.39 is 12.1 Å². The molecule has 136 valence electrons. The first-order valence-electron chi connectivity index (χ1n) is 8.95. The lowest BCUT2D eigenvalue weighted by atomic mass is 10.1.